The van der Waals surface area contributed by atoms with E-state index < -0.39 is 16.8 Å². The van der Waals surface area contributed by atoms with Crippen molar-refractivity contribution in [2.45, 2.75) is 94.5 Å². The molecule has 400 valence electrons. The van der Waals surface area contributed by atoms with Gasteiger partial charge in [0.1, 0.15) is 5.82 Å². The predicted octanol–water partition coefficient (Wildman–Crippen LogP) is 8.26. The van der Waals surface area contributed by atoms with Crippen LogP contribution in [-0.2, 0) is 34.9 Å². The molecule has 1 aliphatic heterocycles. The minimum atomic E-state index is -1.88. The maximum Gasteiger partial charge on any atom is 0.225 e. The largest absolute Gasteiger partial charge is 0.395 e. The number of primary amides is 1. The number of likely N-dealkylation sites (N-methyl/N-ethyl adjacent to an activating group) is 1. The van der Waals surface area contributed by atoms with Crippen molar-refractivity contribution in [2.75, 3.05) is 68.4 Å². The average molecular weight is 1080 g/mol. The molecule has 1 saturated heterocycles. The van der Waals surface area contributed by atoms with Gasteiger partial charge >= 0.3 is 0 Å². The van der Waals surface area contributed by atoms with Gasteiger partial charge in [-0.05, 0) is 56.4 Å². The highest BCUT2D eigenvalue weighted by molar-refractivity contribution is 7.86. The van der Waals surface area contributed by atoms with E-state index in [0.29, 0.717) is 55.3 Å². The Morgan fingerprint density at radius 2 is 1.58 bits per heavy atom. The minimum Gasteiger partial charge on any atom is -0.395 e. The lowest BCUT2D eigenvalue weighted by atomic mass is 9.89. The summed E-state index contributed by atoms with van der Waals surface area (Å²) in [6.07, 6.45) is 20.3. The van der Waals surface area contributed by atoms with E-state index in [0.717, 1.165) is 49.0 Å². The number of ether oxygens (including phenoxy) is 1. The maximum atomic E-state index is 15.1. The average Bonchev–Trinajstić information content (AvgIpc) is 4.07. The molecular formula is C53H70ClFN10O7S2. The Morgan fingerprint density at radius 3 is 2.19 bits per heavy atom. The predicted molar refractivity (Wildman–Crippen MR) is 291 cm³/mol. The third-order valence-corrected chi connectivity index (χ3v) is 14.6. The number of rotatable bonds is 19. The topological polar surface area (TPSA) is 234 Å². The fourth-order valence-corrected chi connectivity index (χ4v) is 10.2. The Morgan fingerprint density at radius 1 is 0.905 bits per heavy atom. The highest BCUT2D eigenvalue weighted by Crippen LogP contribution is 2.36. The number of aromatic nitrogens is 3. The second-order valence-electron chi connectivity index (χ2n) is 18.0. The van der Waals surface area contributed by atoms with E-state index in [-0.39, 0.29) is 65.0 Å². The first kappa shape index (κ1) is 58.8. The number of pyridine rings is 2. The lowest BCUT2D eigenvalue weighted by Gasteiger charge is -2.25. The van der Waals surface area contributed by atoms with E-state index >= 15 is 4.39 Å². The van der Waals surface area contributed by atoms with Crippen LogP contribution < -0.4 is 31.3 Å². The Bertz CT molecular complexity index is 2480. The van der Waals surface area contributed by atoms with Crippen LogP contribution in [0, 0.1) is 17.7 Å². The number of nitrogens with two attached hydrogens (primary N) is 1. The number of likely N-dealkylation sites (tertiary alicyclic amines) is 1. The van der Waals surface area contributed by atoms with E-state index in [2.05, 4.69) is 35.6 Å². The fourth-order valence-electron chi connectivity index (χ4n) is 8.32. The smallest absolute Gasteiger partial charge is 0.225 e. The molecule has 4 amide bonds. The number of carbonyl (C=O) groups is 4. The number of hydrogen-bond acceptors (Lipinski definition) is 13. The molecule has 2 aliphatic carbocycles. The first-order valence-corrected chi connectivity index (χ1v) is 27.5. The molecule has 7 N–H and O–H groups in total. The van der Waals surface area contributed by atoms with Gasteiger partial charge in [-0.3, -0.25) is 33.9 Å². The molecule has 2 unspecified atom stereocenters. The lowest BCUT2D eigenvalue weighted by molar-refractivity contribution is -0.128. The van der Waals surface area contributed by atoms with Gasteiger partial charge in [-0.25, -0.2) is 13.6 Å². The molecule has 8 rings (SSSR count). The molecule has 3 aliphatic rings. The number of aliphatic hydroxyl groups excluding tert-OH is 1. The zero-order chi connectivity index (χ0) is 53.1. The first-order valence-electron chi connectivity index (χ1n) is 25.1. The molecule has 21 heteroatoms. The standard InChI is InChI=1S/C30H32ClFN6O2S2.C10H19NO2.C8H14N2O3.C5H5N/c1-38(14-12-33-29(39)21-10-6-3-7-11-21)27-18-24(20-8-4-2-5-9-20)35-19-26(27)36-25-17-23(32)28(16-22(25)31)42(40)37-30-34-13-15-41-30;11-10(12)7-4-8-13-9-5-2-1-3-6-9;1-10-5-6(4-7(10)12)8(13)9-2-3-11;1-2-4-6-5-3-1/h2,4-5,8-9,13,15-19,21,36H,3,6-7,10-12,14H2,1H3,(H,33,39)(H,34,37);9H,1-8H2,(H2,11,12);6,11H,2-5H2,1H3,(H,9,13);1-5H. The molecule has 0 radical (unpaired) electrons. The van der Waals surface area contributed by atoms with E-state index in [9.17, 15) is 23.4 Å². The molecule has 4 heterocycles. The van der Waals surface area contributed by atoms with Crippen LogP contribution in [0.5, 0.6) is 0 Å². The van der Waals surface area contributed by atoms with Crippen molar-refractivity contribution in [1.82, 2.24) is 30.5 Å². The Kier molecular flexibility index (Phi) is 25.7. The molecule has 3 fully saturated rings. The number of aliphatic hydroxyl groups is 1. The lowest BCUT2D eigenvalue weighted by Crippen LogP contribution is -2.37. The number of halogens is 2. The van der Waals surface area contributed by atoms with Gasteiger partial charge in [0.25, 0.3) is 0 Å². The monoisotopic (exact) mass is 1080 g/mol. The summed E-state index contributed by atoms with van der Waals surface area (Å²) in [4.78, 5) is 61.4. The number of thiazole rings is 1. The maximum absolute atomic E-state index is 15.1. The molecule has 2 aromatic carbocycles. The molecule has 2 saturated carbocycles. The van der Waals surface area contributed by atoms with Crippen molar-refractivity contribution in [3.63, 3.8) is 0 Å². The van der Waals surface area contributed by atoms with Gasteiger partial charge < -0.3 is 41.3 Å². The molecule has 3 aromatic heterocycles. The summed E-state index contributed by atoms with van der Waals surface area (Å²) in [6, 6.07) is 20.0. The summed E-state index contributed by atoms with van der Waals surface area (Å²) in [5, 5.41) is 19.7. The van der Waals surface area contributed by atoms with E-state index in [4.69, 9.17) is 27.2 Å². The third-order valence-electron chi connectivity index (χ3n) is 12.4. The molecule has 74 heavy (non-hydrogen) atoms. The van der Waals surface area contributed by atoms with Gasteiger partial charge in [0.2, 0.25) is 23.6 Å². The van der Waals surface area contributed by atoms with Gasteiger partial charge in [0.05, 0.1) is 57.5 Å². The first-order chi connectivity index (χ1) is 35.8. The second kappa shape index (κ2) is 32.3. The van der Waals surface area contributed by atoms with Crippen molar-refractivity contribution in [1.29, 1.82) is 0 Å². The van der Waals surface area contributed by atoms with E-state index in [1.54, 1.807) is 42.1 Å². The summed E-state index contributed by atoms with van der Waals surface area (Å²) in [6.45, 7) is 2.39. The van der Waals surface area contributed by atoms with Crippen LogP contribution in [0.1, 0.15) is 83.5 Å². The Balaban J connectivity index is 0.000000254. The third kappa shape index (κ3) is 20.3. The fraction of sp³-hybridized carbons (Fsp3) is 0.453. The zero-order valence-corrected chi connectivity index (χ0v) is 44.6. The Labute approximate surface area is 445 Å². The molecule has 0 spiro atoms. The molecular weight excluding hydrogens is 1010 g/mol. The number of amides is 4. The van der Waals surface area contributed by atoms with Gasteiger partial charge in [-0.1, -0.05) is 86.5 Å². The molecule has 2 atom stereocenters. The highest BCUT2D eigenvalue weighted by Gasteiger charge is 2.31. The van der Waals surface area contributed by atoms with Gasteiger partial charge in [0, 0.05) is 101 Å². The van der Waals surface area contributed by atoms with Crippen LogP contribution in [0.25, 0.3) is 11.3 Å². The van der Waals surface area contributed by atoms with Gasteiger partial charge in [-0.2, -0.15) is 0 Å². The number of nitrogens with zero attached hydrogens (tertiary/aromatic N) is 5. The van der Waals surface area contributed by atoms with E-state index in [1.807, 2.05) is 66.5 Å². The van der Waals surface area contributed by atoms with Crippen LogP contribution in [0.3, 0.4) is 0 Å². The number of hydrogen-bond donors (Lipinski definition) is 6. The van der Waals surface area contributed by atoms with Crippen LogP contribution in [0.4, 0.5) is 26.6 Å². The number of nitrogens with one attached hydrogen (secondary N) is 4. The van der Waals surface area contributed by atoms with Crippen molar-refractivity contribution >= 4 is 79.7 Å². The van der Waals surface area contributed by atoms with Gasteiger partial charge in [0.15, 0.2) is 16.1 Å². The van der Waals surface area contributed by atoms with Gasteiger partial charge in [-0.15, -0.1) is 11.3 Å². The van der Waals surface area contributed by atoms with E-state index in [1.165, 1.54) is 62.0 Å². The van der Waals surface area contributed by atoms with Crippen molar-refractivity contribution < 1.29 is 37.6 Å². The highest BCUT2D eigenvalue weighted by atomic mass is 35.5. The SMILES string of the molecule is CN(CCNC(=O)C1CCCCC1)c1cc(-c2ccccc2)ncc1Nc1cc(F)c(S(=O)Nc2nccs2)cc1Cl.CN1CC(C(=O)NCCO)CC1=O.NC(=O)CCCOC1CCCCC1.c1ccncc1. The summed E-state index contributed by atoms with van der Waals surface area (Å²) in [5.41, 5.74) is 8.44. The van der Waals surface area contributed by atoms with Crippen LogP contribution in [0.15, 0.2) is 102 Å². The van der Waals surface area contributed by atoms with Crippen molar-refractivity contribution in [3.05, 3.63) is 108 Å². The van der Waals surface area contributed by atoms with Crippen molar-refractivity contribution in [3.8, 4) is 11.3 Å². The zero-order valence-electron chi connectivity index (χ0n) is 42.2. The second-order valence-corrected chi connectivity index (χ2v) is 20.5. The number of benzene rings is 2. The molecule has 0 bridgehead atoms. The van der Waals surface area contributed by atoms with Crippen LogP contribution >= 0.6 is 22.9 Å². The summed E-state index contributed by atoms with van der Waals surface area (Å²) < 4.78 is 36.2. The summed E-state index contributed by atoms with van der Waals surface area (Å²) in [7, 11) is 1.73. The quantitative estimate of drug-likeness (QED) is 0.0429. The van der Waals surface area contributed by atoms with Crippen LogP contribution in [-0.4, -0.2) is 112 Å². The summed E-state index contributed by atoms with van der Waals surface area (Å²) >= 11 is 7.80. The number of anilines is 4. The Hall–Kier alpha value is -6.06. The normalized spacial score (nSPS) is 15.9. The van der Waals surface area contributed by atoms with Crippen LogP contribution in [0.2, 0.25) is 5.02 Å². The summed E-state index contributed by atoms with van der Waals surface area (Å²) in [5.74, 6) is -1.09. The minimum absolute atomic E-state index is 0.00384. The molecule has 17 nitrogen and oxygen atoms in total. The van der Waals surface area contributed by atoms with Crippen molar-refractivity contribution in [2.24, 2.45) is 17.6 Å². The number of carbonyl (C=O) groups excluding carboxylic acids is 4. The molecule has 5 aromatic rings.